The van der Waals surface area contributed by atoms with Gasteiger partial charge in [0.2, 0.25) is 0 Å². The van der Waals surface area contributed by atoms with Crippen molar-refractivity contribution in [2.24, 2.45) is 5.10 Å². The Morgan fingerprint density at radius 1 is 1.36 bits per heavy atom. The molecule has 0 aliphatic carbocycles. The van der Waals surface area contributed by atoms with Gasteiger partial charge in [0.05, 0.1) is 28.5 Å². The summed E-state index contributed by atoms with van der Waals surface area (Å²) < 4.78 is 5.67. The normalized spacial score (nSPS) is 11.1. The number of nitro benzene ring substituents is 1. The molecular formula is C14H9N3O4S. The van der Waals surface area contributed by atoms with Crippen LogP contribution in [0.1, 0.15) is 15.2 Å². The maximum Gasteiger partial charge on any atom is 0.281 e. The van der Waals surface area contributed by atoms with Gasteiger partial charge in [-0.15, -0.1) is 11.3 Å². The summed E-state index contributed by atoms with van der Waals surface area (Å²) in [5.74, 6) is -0.372. The molecule has 0 bridgehead atoms. The molecule has 0 aliphatic heterocycles. The molecule has 1 amide bonds. The van der Waals surface area contributed by atoms with Crippen LogP contribution >= 0.6 is 11.3 Å². The first-order valence-electron chi connectivity index (χ1n) is 6.17. The summed E-state index contributed by atoms with van der Waals surface area (Å²) in [5.41, 5.74) is 3.13. The second-order valence-electron chi connectivity index (χ2n) is 4.35. The second-order valence-corrected chi connectivity index (χ2v) is 5.43. The third kappa shape index (κ3) is 2.86. The lowest BCUT2D eigenvalue weighted by Gasteiger charge is -1.93. The monoisotopic (exact) mass is 315 g/mol. The molecule has 0 spiro atoms. The predicted molar refractivity (Wildman–Crippen MR) is 82.2 cm³/mol. The summed E-state index contributed by atoms with van der Waals surface area (Å²) in [5, 5.41) is 15.2. The van der Waals surface area contributed by atoms with Crippen molar-refractivity contribution in [2.45, 2.75) is 0 Å². The molecule has 7 nitrogen and oxygen atoms in total. The first-order valence-corrected chi connectivity index (χ1v) is 6.99. The zero-order valence-corrected chi connectivity index (χ0v) is 11.9. The first-order chi connectivity index (χ1) is 10.6. The average Bonchev–Trinajstić information content (AvgIpc) is 3.15. The summed E-state index contributed by atoms with van der Waals surface area (Å²) in [7, 11) is 0. The lowest BCUT2D eigenvalue weighted by atomic mass is 10.2. The third-order valence-electron chi connectivity index (χ3n) is 2.86. The summed E-state index contributed by atoms with van der Waals surface area (Å²) in [4.78, 5) is 22.7. The van der Waals surface area contributed by atoms with Gasteiger partial charge in [-0.2, -0.15) is 5.10 Å². The predicted octanol–water partition coefficient (Wildman–Crippen LogP) is 3.17. The minimum absolute atomic E-state index is 0.00441. The van der Waals surface area contributed by atoms with Gasteiger partial charge in [0.1, 0.15) is 0 Å². The van der Waals surface area contributed by atoms with Crippen LogP contribution in [0.15, 0.2) is 52.4 Å². The van der Waals surface area contributed by atoms with Crippen LogP contribution in [0.25, 0.3) is 10.1 Å². The van der Waals surface area contributed by atoms with Crippen LogP contribution in [0.3, 0.4) is 0 Å². The van der Waals surface area contributed by atoms with Crippen LogP contribution in [0.5, 0.6) is 0 Å². The lowest BCUT2D eigenvalue weighted by molar-refractivity contribution is -0.384. The smallest absolute Gasteiger partial charge is 0.281 e. The van der Waals surface area contributed by atoms with Crippen molar-refractivity contribution < 1.29 is 14.1 Å². The van der Waals surface area contributed by atoms with Crippen molar-refractivity contribution in [2.75, 3.05) is 0 Å². The maximum absolute atomic E-state index is 12.0. The lowest BCUT2D eigenvalue weighted by Crippen LogP contribution is -2.15. The zero-order valence-electron chi connectivity index (χ0n) is 11.1. The van der Waals surface area contributed by atoms with E-state index < -0.39 is 4.92 Å². The standard InChI is InChI=1S/C14H9N3O4S/c18-14(16-15-7-9-3-4-21-8-9)13-6-10-5-11(17(19)20)1-2-12(10)22-13/h1-8H,(H,16,18)/b15-7-. The summed E-state index contributed by atoms with van der Waals surface area (Å²) >= 11 is 1.25. The third-order valence-corrected chi connectivity index (χ3v) is 3.97. The molecule has 3 aromatic rings. The highest BCUT2D eigenvalue weighted by Gasteiger charge is 2.12. The Bertz CT molecular complexity index is 867. The Hall–Kier alpha value is -3.00. The number of rotatable bonds is 4. The molecule has 1 aromatic carbocycles. The zero-order chi connectivity index (χ0) is 15.5. The van der Waals surface area contributed by atoms with E-state index in [1.165, 1.54) is 42.2 Å². The summed E-state index contributed by atoms with van der Waals surface area (Å²) in [6.07, 6.45) is 4.45. The molecule has 2 heterocycles. The number of nitrogens with zero attached hydrogens (tertiary/aromatic N) is 2. The molecule has 0 atom stereocenters. The van der Waals surface area contributed by atoms with Crippen LogP contribution in [0.4, 0.5) is 5.69 Å². The number of carbonyl (C=O) groups is 1. The minimum atomic E-state index is -0.466. The van der Waals surface area contributed by atoms with E-state index in [0.29, 0.717) is 10.3 Å². The van der Waals surface area contributed by atoms with E-state index in [2.05, 4.69) is 10.5 Å². The highest BCUT2D eigenvalue weighted by Crippen LogP contribution is 2.28. The number of nitro groups is 1. The molecule has 110 valence electrons. The molecule has 8 heteroatoms. The molecule has 0 saturated carbocycles. The quantitative estimate of drug-likeness (QED) is 0.454. The van der Waals surface area contributed by atoms with Gasteiger partial charge in [0.25, 0.3) is 11.6 Å². The van der Waals surface area contributed by atoms with Gasteiger partial charge in [-0.1, -0.05) is 0 Å². The molecule has 0 saturated heterocycles. The number of fused-ring (bicyclic) bond motifs is 1. The van der Waals surface area contributed by atoms with Crippen LogP contribution in [0, 0.1) is 10.1 Å². The number of hydrogen-bond donors (Lipinski definition) is 1. The Kier molecular flexibility index (Phi) is 3.67. The van der Waals surface area contributed by atoms with E-state index >= 15 is 0 Å². The van der Waals surface area contributed by atoms with Crippen LogP contribution < -0.4 is 5.43 Å². The largest absolute Gasteiger partial charge is 0.472 e. The molecule has 0 radical (unpaired) electrons. The molecule has 22 heavy (non-hydrogen) atoms. The number of furan rings is 1. The Labute approximate surface area is 128 Å². The fourth-order valence-corrected chi connectivity index (χ4v) is 2.76. The van der Waals surface area contributed by atoms with Gasteiger partial charge in [0.15, 0.2) is 0 Å². The van der Waals surface area contributed by atoms with Crippen molar-refractivity contribution in [3.8, 4) is 0 Å². The van der Waals surface area contributed by atoms with Crippen LogP contribution in [0.2, 0.25) is 0 Å². The van der Waals surface area contributed by atoms with E-state index in [1.54, 1.807) is 18.2 Å². The molecular weight excluding hydrogens is 306 g/mol. The van der Waals surface area contributed by atoms with Crippen molar-refractivity contribution >= 4 is 39.2 Å². The number of non-ortho nitro benzene ring substituents is 1. The molecule has 0 fully saturated rings. The first kappa shape index (κ1) is 14.0. The fourth-order valence-electron chi connectivity index (χ4n) is 1.83. The topological polar surface area (TPSA) is 97.7 Å². The second kappa shape index (κ2) is 5.78. The number of hydrazone groups is 1. The van der Waals surface area contributed by atoms with Gasteiger partial charge in [-0.3, -0.25) is 14.9 Å². The number of amides is 1. The molecule has 1 N–H and O–H groups in total. The Morgan fingerprint density at radius 3 is 2.95 bits per heavy atom. The number of nitrogens with one attached hydrogen (secondary N) is 1. The number of carbonyl (C=O) groups excluding carboxylic acids is 1. The Balaban J connectivity index is 1.77. The van der Waals surface area contributed by atoms with Crippen molar-refractivity contribution in [1.29, 1.82) is 0 Å². The van der Waals surface area contributed by atoms with Gasteiger partial charge in [0, 0.05) is 27.8 Å². The molecule has 0 aliphatic rings. The van der Waals surface area contributed by atoms with E-state index in [0.717, 1.165) is 10.3 Å². The number of benzene rings is 1. The summed E-state index contributed by atoms with van der Waals surface area (Å²) in [6.45, 7) is 0. The van der Waals surface area contributed by atoms with E-state index in [-0.39, 0.29) is 11.6 Å². The van der Waals surface area contributed by atoms with E-state index in [4.69, 9.17) is 4.42 Å². The average molecular weight is 315 g/mol. The fraction of sp³-hybridized carbons (Fsp3) is 0. The van der Waals surface area contributed by atoms with Crippen LogP contribution in [-0.4, -0.2) is 17.0 Å². The Morgan fingerprint density at radius 2 is 2.23 bits per heavy atom. The highest BCUT2D eigenvalue weighted by atomic mass is 32.1. The SMILES string of the molecule is O=C(N/N=C\c1ccoc1)c1cc2cc([N+](=O)[O-])ccc2s1. The van der Waals surface area contributed by atoms with Crippen molar-refractivity contribution in [3.63, 3.8) is 0 Å². The molecule has 2 aromatic heterocycles. The number of thiophene rings is 1. The maximum atomic E-state index is 12.0. The molecule has 0 unspecified atom stereocenters. The van der Waals surface area contributed by atoms with Crippen molar-refractivity contribution in [1.82, 2.24) is 5.43 Å². The van der Waals surface area contributed by atoms with E-state index in [1.807, 2.05) is 0 Å². The molecule has 3 rings (SSSR count). The van der Waals surface area contributed by atoms with Crippen LogP contribution in [-0.2, 0) is 0 Å². The van der Waals surface area contributed by atoms with Gasteiger partial charge < -0.3 is 4.42 Å². The summed E-state index contributed by atoms with van der Waals surface area (Å²) in [6, 6.07) is 7.79. The van der Waals surface area contributed by atoms with Gasteiger partial charge >= 0.3 is 0 Å². The van der Waals surface area contributed by atoms with Crippen molar-refractivity contribution in [3.05, 3.63) is 63.4 Å². The highest BCUT2D eigenvalue weighted by molar-refractivity contribution is 7.20. The number of hydrogen-bond acceptors (Lipinski definition) is 6. The van der Waals surface area contributed by atoms with E-state index in [9.17, 15) is 14.9 Å². The van der Waals surface area contributed by atoms with Gasteiger partial charge in [-0.05, 0) is 18.2 Å². The van der Waals surface area contributed by atoms with Gasteiger partial charge in [-0.25, -0.2) is 5.43 Å². The minimum Gasteiger partial charge on any atom is -0.472 e.